The van der Waals surface area contributed by atoms with Crippen LogP contribution in [0.3, 0.4) is 0 Å². The molecule has 0 saturated carbocycles. The Labute approximate surface area is 219 Å². The largest absolute Gasteiger partial charge is 0.494 e. The third-order valence-electron chi connectivity index (χ3n) is 5.76. The number of nitrogens with one attached hydrogen (secondary N) is 1. The van der Waals surface area contributed by atoms with Crippen molar-refractivity contribution in [1.29, 1.82) is 0 Å². The minimum Gasteiger partial charge on any atom is -0.494 e. The van der Waals surface area contributed by atoms with Crippen LogP contribution in [0, 0.1) is 6.92 Å². The Morgan fingerprint density at radius 1 is 0.892 bits per heavy atom. The Kier molecular flexibility index (Phi) is 9.68. The molecule has 0 unspecified atom stereocenters. The van der Waals surface area contributed by atoms with E-state index in [0.717, 1.165) is 34.2 Å². The third-order valence-corrected chi connectivity index (χ3v) is 7.54. The second-order valence-electron chi connectivity index (χ2n) is 8.31. The van der Waals surface area contributed by atoms with E-state index in [0.29, 0.717) is 18.0 Å². The fraction of sp³-hybridized carbons (Fsp3) is 0.286. The molecule has 3 rings (SSSR count). The van der Waals surface area contributed by atoms with Crippen LogP contribution in [-0.4, -0.2) is 46.8 Å². The van der Waals surface area contributed by atoms with Crippen LogP contribution < -0.4 is 19.4 Å². The van der Waals surface area contributed by atoms with Crippen molar-refractivity contribution >= 4 is 33.5 Å². The lowest BCUT2D eigenvalue weighted by molar-refractivity contribution is -0.119. The van der Waals surface area contributed by atoms with E-state index in [4.69, 9.17) is 4.74 Å². The van der Waals surface area contributed by atoms with Crippen LogP contribution in [0.5, 0.6) is 5.75 Å². The second kappa shape index (κ2) is 12.9. The molecule has 8 nitrogen and oxygen atoms in total. The zero-order valence-electron chi connectivity index (χ0n) is 21.7. The highest BCUT2D eigenvalue weighted by molar-refractivity contribution is 7.92. The lowest BCUT2D eigenvalue weighted by atomic mass is 10.2. The van der Waals surface area contributed by atoms with E-state index in [2.05, 4.69) is 29.3 Å². The van der Waals surface area contributed by atoms with Gasteiger partial charge >= 0.3 is 0 Å². The maximum Gasteiger partial charge on any atom is 0.264 e. The van der Waals surface area contributed by atoms with Crippen molar-refractivity contribution in [3.8, 4) is 5.75 Å². The predicted molar refractivity (Wildman–Crippen MR) is 149 cm³/mol. The van der Waals surface area contributed by atoms with Gasteiger partial charge in [0.25, 0.3) is 15.9 Å². The van der Waals surface area contributed by atoms with Gasteiger partial charge in [-0.25, -0.2) is 13.8 Å². The third kappa shape index (κ3) is 7.33. The number of nitrogens with zero attached hydrogens (tertiary/aromatic N) is 3. The molecule has 1 N–H and O–H groups in total. The number of sulfonamides is 1. The van der Waals surface area contributed by atoms with Gasteiger partial charge in [0, 0.05) is 18.8 Å². The number of benzene rings is 3. The number of carbonyl (C=O) groups excluding carboxylic acids is 1. The molecule has 1 amide bonds. The normalized spacial score (nSPS) is 11.4. The fourth-order valence-electron chi connectivity index (χ4n) is 3.73. The van der Waals surface area contributed by atoms with E-state index >= 15 is 0 Å². The van der Waals surface area contributed by atoms with Gasteiger partial charge < -0.3 is 9.64 Å². The van der Waals surface area contributed by atoms with Crippen LogP contribution in [0.4, 0.5) is 11.4 Å². The van der Waals surface area contributed by atoms with Crippen LogP contribution in [0.25, 0.3) is 0 Å². The quantitative estimate of drug-likeness (QED) is 0.278. The summed E-state index contributed by atoms with van der Waals surface area (Å²) in [5.74, 6) is 0.0422. The SMILES string of the molecule is CCOc1ccc(N(CC(=O)N/N=C/c2ccc(N(CC)CC)cc2)S(=O)(=O)c2ccc(C)cc2)cc1. The van der Waals surface area contributed by atoms with Crippen molar-refractivity contribution in [2.24, 2.45) is 5.10 Å². The summed E-state index contributed by atoms with van der Waals surface area (Å²) < 4.78 is 33.5. The molecule has 196 valence electrons. The van der Waals surface area contributed by atoms with Crippen molar-refractivity contribution < 1.29 is 17.9 Å². The zero-order valence-corrected chi connectivity index (χ0v) is 22.5. The molecule has 3 aromatic rings. The maximum atomic E-state index is 13.5. The summed E-state index contributed by atoms with van der Waals surface area (Å²) >= 11 is 0. The number of hydrogen-bond donors (Lipinski definition) is 1. The lowest BCUT2D eigenvalue weighted by Crippen LogP contribution is -2.39. The monoisotopic (exact) mass is 522 g/mol. The van der Waals surface area contributed by atoms with E-state index in [1.807, 2.05) is 38.1 Å². The number of aryl methyl sites for hydroxylation is 1. The van der Waals surface area contributed by atoms with E-state index in [-0.39, 0.29) is 4.90 Å². The summed E-state index contributed by atoms with van der Waals surface area (Å²) in [5.41, 5.74) is 5.64. The average Bonchev–Trinajstić information content (AvgIpc) is 2.90. The summed E-state index contributed by atoms with van der Waals surface area (Å²) in [4.78, 5) is 15.1. The topological polar surface area (TPSA) is 91.3 Å². The van der Waals surface area contributed by atoms with Gasteiger partial charge in [-0.15, -0.1) is 0 Å². The van der Waals surface area contributed by atoms with Crippen LogP contribution >= 0.6 is 0 Å². The van der Waals surface area contributed by atoms with Gasteiger partial charge in [-0.1, -0.05) is 29.8 Å². The van der Waals surface area contributed by atoms with Crippen LogP contribution in [-0.2, 0) is 14.8 Å². The Bertz CT molecular complexity index is 1290. The van der Waals surface area contributed by atoms with E-state index in [9.17, 15) is 13.2 Å². The van der Waals surface area contributed by atoms with Crippen LogP contribution in [0.1, 0.15) is 31.9 Å². The molecule has 0 aliphatic carbocycles. The van der Waals surface area contributed by atoms with E-state index in [1.165, 1.54) is 18.3 Å². The molecule has 0 fully saturated rings. The summed E-state index contributed by atoms with van der Waals surface area (Å²) in [6.45, 7) is 9.82. The summed E-state index contributed by atoms with van der Waals surface area (Å²) in [6.07, 6.45) is 1.53. The molecule has 0 heterocycles. The summed E-state index contributed by atoms with van der Waals surface area (Å²) in [7, 11) is -4.01. The van der Waals surface area contributed by atoms with E-state index < -0.39 is 22.5 Å². The number of hydrazone groups is 1. The van der Waals surface area contributed by atoms with Crippen molar-refractivity contribution in [1.82, 2.24) is 5.43 Å². The van der Waals surface area contributed by atoms with Crippen molar-refractivity contribution in [3.05, 3.63) is 83.9 Å². The second-order valence-corrected chi connectivity index (χ2v) is 10.2. The van der Waals surface area contributed by atoms with Gasteiger partial charge in [0.15, 0.2) is 0 Å². The van der Waals surface area contributed by atoms with Crippen molar-refractivity contribution in [2.45, 2.75) is 32.6 Å². The molecular weight excluding hydrogens is 488 g/mol. The summed E-state index contributed by atoms with van der Waals surface area (Å²) in [5, 5.41) is 4.03. The molecule has 3 aromatic carbocycles. The number of hydrogen-bond acceptors (Lipinski definition) is 6. The zero-order chi connectivity index (χ0) is 26.8. The standard InChI is InChI=1S/C28H34N4O4S/c1-5-31(6-2)24-12-10-23(11-13-24)20-29-30-28(33)21-32(25-14-16-26(17-15-25)36-7-3)37(34,35)27-18-8-22(4)9-19-27/h8-20H,5-7,21H2,1-4H3,(H,30,33)/b29-20+. The number of ether oxygens (including phenoxy) is 1. The number of amides is 1. The van der Waals surface area contributed by atoms with Crippen LogP contribution in [0.15, 0.2) is 82.8 Å². The maximum absolute atomic E-state index is 13.5. The minimum atomic E-state index is -4.01. The Morgan fingerprint density at radius 3 is 2.05 bits per heavy atom. The number of anilines is 2. The average molecular weight is 523 g/mol. The predicted octanol–water partition coefficient (Wildman–Crippen LogP) is 4.59. The number of rotatable bonds is 12. The minimum absolute atomic E-state index is 0.0941. The van der Waals surface area contributed by atoms with Gasteiger partial charge in [-0.3, -0.25) is 9.10 Å². The first-order chi connectivity index (χ1) is 17.8. The highest BCUT2D eigenvalue weighted by Crippen LogP contribution is 2.26. The summed E-state index contributed by atoms with van der Waals surface area (Å²) in [6, 6.07) is 20.9. The first-order valence-electron chi connectivity index (χ1n) is 12.3. The molecule has 0 radical (unpaired) electrons. The Hall–Kier alpha value is -3.85. The molecule has 0 atom stereocenters. The van der Waals surface area contributed by atoms with Crippen LogP contribution in [0.2, 0.25) is 0 Å². The first-order valence-corrected chi connectivity index (χ1v) is 13.7. The lowest BCUT2D eigenvalue weighted by Gasteiger charge is -2.24. The smallest absolute Gasteiger partial charge is 0.264 e. The molecule has 0 bridgehead atoms. The van der Waals surface area contributed by atoms with Gasteiger partial charge in [0.1, 0.15) is 12.3 Å². The van der Waals surface area contributed by atoms with Gasteiger partial charge in [0.05, 0.1) is 23.4 Å². The molecule has 0 spiro atoms. The molecule has 0 aliphatic heterocycles. The van der Waals surface area contributed by atoms with Gasteiger partial charge in [0.2, 0.25) is 0 Å². The molecule has 9 heteroatoms. The highest BCUT2D eigenvalue weighted by atomic mass is 32.2. The van der Waals surface area contributed by atoms with Gasteiger partial charge in [-0.05, 0) is 81.8 Å². The molecule has 37 heavy (non-hydrogen) atoms. The molecule has 0 aliphatic rings. The van der Waals surface area contributed by atoms with E-state index in [1.54, 1.807) is 36.4 Å². The van der Waals surface area contributed by atoms with Crippen molar-refractivity contribution in [3.63, 3.8) is 0 Å². The first kappa shape index (κ1) is 27.7. The Balaban J connectivity index is 1.77. The molecular formula is C28H34N4O4S. The van der Waals surface area contributed by atoms with Gasteiger partial charge in [-0.2, -0.15) is 5.10 Å². The Morgan fingerprint density at radius 2 is 1.49 bits per heavy atom. The number of carbonyl (C=O) groups is 1. The molecule has 0 saturated heterocycles. The fourth-order valence-corrected chi connectivity index (χ4v) is 5.15. The molecule has 0 aromatic heterocycles. The van der Waals surface area contributed by atoms with Crippen molar-refractivity contribution in [2.75, 3.05) is 35.4 Å². The highest BCUT2D eigenvalue weighted by Gasteiger charge is 2.27.